The third kappa shape index (κ3) is 3.13. The highest BCUT2D eigenvalue weighted by Gasteiger charge is 2.22. The van der Waals surface area contributed by atoms with E-state index in [1.165, 1.54) is 6.07 Å². The molecule has 0 bridgehead atoms. The topological polar surface area (TPSA) is 56.7 Å². The maximum absolute atomic E-state index is 14.5. The molecule has 2 aromatic carbocycles. The first-order valence-electron chi connectivity index (χ1n) is 9.28. The summed E-state index contributed by atoms with van der Waals surface area (Å²) in [5.41, 5.74) is 10.0. The maximum Gasteiger partial charge on any atom is 0.185 e. The van der Waals surface area contributed by atoms with Crippen molar-refractivity contribution in [2.45, 2.75) is 26.8 Å². The van der Waals surface area contributed by atoms with Crippen molar-refractivity contribution in [2.75, 3.05) is 5.73 Å². The lowest BCUT2D eigenvalue weighted by Crippen LogP contribution is -2.04. The van der Waals surface area contributed by atoms with E-state index in [0.29, 0.717) is 27.4 Å². The van der Waals surface area contributed by atoms with Crippen LogP contribution in [0.2, 0.25) is 5.02 Å². The van der Waals surface area contributed by atoms with Crippen molar-refractivity contribution < 1.29 is 8.78 Å². The first-order chi connectivity index (χ1) is 13.9. The van der Waals surface area contributed by atoms with E-state index >= 15 is 0 Å². The predicted octanol–water partition coefficient (Wildman–Crippen LogP) is 6.00. The zero-order chi connectivity index (χ0) is 20.7. The Morgan fingerprint density at radius 2 is 1.90 bits per heavy atom. The summed E-state index contributed by atoms with van der Waals surface area (Å²) >= 11 is 6.61. The number of hydrogen-bond donors (Lipinski definition) is 1. The average molecular weight is 413 g/mol. The van der Waals surface area contributed by atoms with Gasteiger partial charge in [-0.2, -0.15) is 5.10 Å². The first-order valence-corrected chi connectivity index (χ1v) is 9.66. The van der Waals surface area contributed by atoms with Gasteiger partial charge in [0.15, 0.2) is 11.6 Å². The van der Waals surface area contributed by atoms with Gasteiger partial charge in [0, 0.05) is 29.3 Å². The molecule has 0 aliphatic heterocycles. The number of aryl methyl sites for hydroxylation is 2. The van der Waals surface area contributed by atoms with Crippen LogP contribution in [-0.2, 0) is 6.54 Å². The van der Waals surface area contributed by atoms with Crippen molar-refractivity contribution in [1.29, 1.82) is 0 Å². The van der Waals surface area contributed by atoms with Crippen LogP contribution < -0.4 is 5.73 Å². The minimum atomic E-state index is -0.994. The summed E-state index contributed by atoms with van der Waals surface area (Å²) in [6, 6.07) is 9.94. The Morgan fingerprint density at radius 1 is 1.10 bits per heavy atom. The van der Waals surface area contributed by atoms with Gasteiger partial charge in [0.2, 0.25) is 0 Å². The lowest BCUT2D eigenvalue weighted by molar-refractivity contribution is 0.515. The number of fused-ring (bicyclic) bond motifs is 1. The fraction of sp³-hybridized carbons (Fsp3) is 0.182. The Bertz CT molecular complexity index is 1230. The van der Waals surface area contributed by atoms with E-state index in [1.807, 2.05) is 22.9 Å². The first kappa shape index (κ1) is 19.3. The van der Waals surface area contributed by atoms with E-state index < -0.39 is 11.6 Å². The monoisotopic (exact) mass is 412 g/mol. The van der Waals surface area contributed by atoms with Crippen LogP contribution in [-0.4, -0.2) is 14.8 Å². The van der Waals surface area contributed by atoms with Crippen LogP contribution in [0.4, 0.5) is 14.5 Å². The van der Waals surface area contributed by atoms with Crippen LogP contribution in [0, 0.1) is 18.6 Å². The Labute approximate surface area is 171 Å². The predicted molar refractivity (Wildman–Crippen MR) is 113 cm³/mol. The van der Waals surface area contributed by atoms with E-state index in [2.05, 4.69) is 17.0 Å². The van der Waals surface area contributed by atoms with Crippen LogP contribution in [0.25, 0.3) is 33.3 Å². The molecular formula is C22H19ClF2N4. The van der Waals surface area contributed by atoms with Gasteiger partial charge in [0.25, 0.3) is 0 Å². The summed E-state index contributed by atoms with van der Waals surface area (Å²) < 4.78 is 30.2. The summed E-state index contributed by atoms with van der Waals surface area (Å²) in [7, 11) is 0. The molecule has 0 aliphatic rings. The quantitative estimate of drug-likeness (QED) is 0.447. The Kier molecular flexibility index (Phi) is 4.96. The van der Waals surface area contributed by atoms with E-state index in [-0.39, 0.29) is 5.52 Å². The molecule has 0 aliphatic carbocycles. The molecule has 7 heteroatoms. The fourth-order valence-corrected chi connectivity index (χ4v) is 3.89. The van der Waals surface area contributed by atoms with Crippen molar-refractivity contribution in [3.8, 4) is 22.4 Å². The average Bonchev–Trinajstić information content (AvgIpc) is 3.14. The van der Waals surface area contributed by atoms with Gasteiger partial charge in [0.05, 0.1) is 22.1 Å². The minimum Gasteiger partial charge on any atom is -0.397 e. The molecular weight excluding hydrogens is 394 g/mol. The van der Waals surface area contributed by atoms with Crippen LogP contribution in [0.15, 0.2) is 42.6 Å². The number of aromatic nitrogens is 3. The third-order valence-corrected chi connectivity index (χ3v) is 5.28. The number of nitrogens with zero attached hydrogens (tertiary/aromatic N) is 3. The molecule has 148 valence electrons. The summed E-state index contributed by atoms with van der Waals surface area (Å²) in [5.74, 6) is -1.95. The number of hydrogen-bond acceptors (Lipinski definition) is 3. The van der Waals surface area contributed by atoms with Gasteiger partial charge < -0.3 is 5.73 Å². The van der Waals surface area contributed by atoms with E-state index in [1.54, 1.807) is 19.2 Å². The fourth-order valence-electron chi connectivity index (χ4n) is 3.62. The molecule has 2 heterocycles. The van der Waals surface area contributed by atoms with Crippen molar-refractivity contribution in [2.24, 2.45) is 0 Å². The van der Waals surface area contributed by atoms with E-state index in [4.69, 9.17) is 17.3 Å². The van der Waals surface area contributed by atoms with Crippen LogP contribution in [0.3, 0.4) is 0 Å². The van der Waals surface area contributed by atoms with Gasteiger partial charge >= 0.3 is 0 Å². The highest BCUT2D eigenvalue weighted by molar-refractivity contribution is 6.34. The van der Waals surface area contributed by atoms with Gasteiger partial charge in [0.1, 0.15) is 5.52 Å². The SMILES string of the molecule is CCCn1nccc1-c1c(Cl)cccc1-c1c(N)c(C)nc2c(F)c(F)ccc12. The molecule has 4 nitrogen and oxygen atoms in total. The zero-order valence-corrected chi connectivity index (χ0v) is 16.8. The van der Waals surface area contributed by atoms with Crippen LogP contribution >= 0.6 is 11.6 Å². The number of halogens is 3. The highest BCUT2D eigenvalue weighted by atomic mass is 35.5. The Morgan fingerprint density at radius 3 is 2.66 bits per heavy atom. The molecule has 0 amide bonds. The van der Waals surface area contributed by atoms with Crippen molar-refractivity contribution in [1.82, 2.24) is 14.8 Å². The standard InChI is InChI=1S/C22H19ClF2N4/c1-3-11-29-17(9-10-27-29)19-13(5-4-6-15(19)23)18-14-7-8-16(24)20(25)22(14)28-12(2)21(18)26/h4-10H,3,11,26H2,1-2H3. The second-order valence-electron chi connectivity index (χ2n) is 6.85. The second kappa shape index (κ2) is 7.44. The molecule has 2 N–H and O–H groups in total. The summed E-state index contributed by atoms with van der Waals surface area (Å²) in [6.07, 6.45) is 2.62. The van der Waals surface area contributed by atoms with Gasteiger partial charge in [-0.15, -0.1) is 0 Å². The van der Waals surface area contributed by atoms with Gasteiger partial charge in [-0.05, 0) is 43.2 Å². The summed E-state index contributed by atoms with van der Waals surface area (Å²) in [4.78, 5) is 4.19. The molecule has 4 rings (SSSR count). The molecule has 4 aromatic rings. The number of nitrogens with two attached hydrogens (primary N) is 1. The third-order valence-electron chi connectivity index (χ3n) is 4.97. The molecule has 0 radical (unpaired) electrons. The number of pyridine rings is 1. The maximum atomic E-state index is 14.5. The Hall–Kier alpha value is -2.99. The number of anilines is 1. The Balaban J connectivity index is 2.11. The molecule has 0 saturated heterocycles. The molecule has 0 fully saturated rings. The molecule has 0 saturated carbocycles. The highest BCUT2D eigenvalue weighted by Crippen LogP contribution is 2.43. The molecule has 2 aromatic heterocycles. The van der Waals surface area contributed by atoms with Crippen molar-refractivity contribution in [3.05, 3.63) is 64.9 Å². The summed E-state index contributed by atoms with van der Waals surface area (Å²) in [6.45, 7) is 4.46. The minimum absolute atomic E-state index is 0.0558. The lowest BCUT2D eigenvalue weighted by Gasteiger charge is -2.18. The van der Waals surface area contributed by atoms with Crippen LogP contribution in [0.5, 0.6) is 0 Å². The smallest absolute Gasteiger partial charge is 0.185 e. The summed E-state index contributed by atoms with van der Waals surface area (Å²) in [5, 5.41) is 5.34. The largest absolute Gasteiger partial charge is 0.397 e. The van der Waals surface area contributed by atoms with Crippen molar-refractivity contribution >= 4 is 28.2 Å². The van der Waals surface area contributed by atoms with Gasteiger partial charge in [-0.25, -0.2) is 13.8 Å². The van der Waals surface area contributed by atoms with E-state index in [9.17, 15) is 8.78 Å². The molecule has 0 unspecified atom stereocenters. The van der Waals surface area contributed by atoms with Gasteiger partial charge in [-0.1, -0.05) is 30.7 Å². The van der Waals surface area contributed by atoms with Gasteiger partial charge in [-0.3, -0.25) is 4.68 Å². The number of benzene rings is 2. The lowest BCUT2D eigenvalue weighted by atomic mass is 9.92. The number of rotatable bonds is 4. The zero-order valence-electron chi connectivity index (χ0n) is 16.0. The second-order valence-corrected chi connectivity index (χ2v) is 7.25. The molecule has 29 heavy (non-hydrogen) atoms. The number of nitrogen functional groups attached to an aromatic ring is 1. The normalized spacial score (nSPS) is 11.3. The van der Waals surface area contributed by atoms with Crippen LogP contribution in [0.1, 0.15) is 19.0 Å². The molecule has 0 spiro atoms. The molecule has 0 atom stereocenters. The van der Waals surface area contributed by atoms with Crippen molar-refractivity contribution in [3.63, 3.8) is 0 Å². The van der Waals surface area contributed by atoms with E-state index in [0.717, 1.165) is 35.9 Å².